The van der Waals surface area contributed by atoms with Crippen LogP contribution in [0.5, 0.6) is 34.5 Å². The summed E-state index contributed by atoms with van der Waals surface area (Å²) in [5.41, 5.74) is 6.48. The Hall–Kier alpha value is -4.62. The number of benzene rings is 4. The molecule has 39 heavy (non-hydrogen) atoms. The Morgan fingerprint density at radius 2 is 1.26 bits per heavy atom. The second-order valence-corrected chi connectivity index (χ2v) is 9.81. The fraction of sp³-hybridized carbons (Fsp3) is 0.188. The van der Waals surface area contributed by atoms with E-state index in [2.05, 4.69) is 6.08 Å². The van der Waals surface area contributed by atoms with Crippen molar-refractivity contribution in [2.24, 2.45) is 0 Å². The molecule has 4 aromatic carbocycles. The van der Waals surface area contributed by atoms with Crippen LogP contribution in [-0.4, -0.2) is 38.7 Å². The van der Waals surface area contributed by atoms with Crippen LogP contribution in [0.2, 0.25) is 0 Å². The van der Waals surface area contributed by atoms with E-state index < -0.39 is 6.10 Å². The maximum Gasteiger partial charge on any atom is 0.130 e. The SMILES string of the molecule is Cc1cc(O)cc2c1C(O)C(c1ccc(O)cc1)CO2.Cc1cc(O)cc2c1C=C(c1ccc(O)cc1)CO2. The van der Waals surface area contributed by atoms with Gasteiger partial charge < -0.3 is 35.0 Å². The van der Waals surface area contributed by atoms with Crippen molar-refractivity contribution in [3.8, 4) is 34.5 Å². The number of hydrogen-bond donors (Lipinski definition) is 5. The van der Waals surface area contributed by atoms with Gasteiger partial charge in [-0.2, -0.15) is 0 Å². The van der Waals surface area contributed by atoms with Crippen LogP contribution >= 0.6 is 0 Å². The third kappa shape index (κ3) is 5.49. The molecule has 2 heterocycles. The van der Waals surface area contributed by atoms with Crippen molar-refractivity contribution >= 4 is 11.6 Å². The lowest BCUT2D eigenvalue weighted by molar-refractivity contribution is 0.0880. The van der Waals surface area contributed by atoms with E-state index >= 15 is 0 Å². The number of aliphatic hydroxyl groups is 1. The number of aliphatic hydroxyl groups excluding tert-OH is 1. The van der Waals surface area contributed by atoms with Crippen LogP contribution in [0, 0.1) is 13.8 Å². The Morgan fingerprint density at radius 3 is 1.92 bits per heavy atom. The van der Waals surface area contributed by atoms with Crippen molar-refractivity contribution in [2.75, 3.05) is 13.2 Å². The molecule has 0 spiro atoms. The lowest BCUT2D eigenvalue weighted by Crippen LogP contribution is -2.25. The minimum absolute atomic E-state index is 0.136. The molecule has 7 nitrogen and oxygen atoms in total. The zero-order chi connectivity index (χ0) is 27.7. The summed E-state index contributed by atoms with van der Waals surface area (Å²) >= 11 is 0. The molecule has 5 N–H and O–H groups in total. The van der Waals surface area contributed by atoms with E-state index in [1.807, 2.05) is 26.0 Å². The molecule has 200 valence electrons. The Kier molecular flexibility index (Phi) is 7.09. The molecule has 0 bridgehead atoms. The Morgan fingerprint density at radius 1 is 0.667 bits per heavy atom. The molecule has 2 aliphatic rings. The molecule has 6 rings (SSSR count). The van der Waals surface area contributed by atoms with Crippen molar-refractivity contribution in [3.05, 3.63) is 106 Å². The van der Waals surface area contributed by atoms with Crippen LogP contribution in [0.1, 0.15) is 45.4 Å². The van der Waals surface area contributed by atoms with Crippen molar-refractivity contribution in [2.45, 2.75) is 25.9 Å². The first-order chi connectivity index (χ1) is 18.7. The Labute approximate surface area is 226 Å². The maximum atomic E-state index is 10.6. The zero-order valence-corrected chi connectivity index (χ0v) is 21.6. The summed E-state index contributed by atoms with van der Waals surface area (Å²) in [7, 11) is 0. The predicted octanol–water partition coefficient (Wildman–Crippen LogP) is 5.96. The molecule has 0 fully saturated rings. The number of rotatable bonds is 2. The van der Waals surface area contributed by atoms with Gasteiger partial charge in [-0.15, -0.1) is 0 Å². The van der Waals surface area contributed by atoms with Crippen molar-refractivity contribution in [3.63, 3.8) is 0 Å². The van der Waals surface area contributed by atoms with Crippen molar-refractivity contribution in [1.82, 2.24) is 0 Å². The number of hydrogen-bond acceptors (Lipinski definition) is 7. The van der Waals surface area contributed by atoms with Crippen LogP contribution in [0.4, 0.5) is 0 Å². The number of aromatic hydroxyl groups is 4. The lowest BCUT2D eigenvalue weighted by atomic mass is 9.85. The number of ether oxygens (including phenoxy) is 2. The number of phenols is 4. The summed E-state index contributed by atoms with van der Waals surface area (Å²) in [6, 6.07) is 20.3. The molecule has 2 atom stereocenters. The highest BCUT2D eigenvalue weighted by atomic mass is 16.5. The molecule has 0 amide bonds. The third-order valence-corrected chi connectivity index (χ3v) is 7.02. The highest BCUT2D eigenvalue weighted by Crippen LogP contribution is 2.44. The summed E-state index contributed by atoms with van der Waals surface area (Å²) < 4.78 is 11.4. The normalized spacial score (nSPS) is 17.4. The standard InChI is InChI=1S/C16H16O4.C16H14O3/c1-9-6-12(18)7-14-15(9)16(19)13(8-20-14)10-2-4-11(17)5-3-10;1-10-6-14(18)8-16-15(10)7-12(9-19-16)11-2-4-13(17)5-3-11/h2-7,13,16-19H,8H2,1H3;2-8,17-18H,9H2,1H3. The van der Waals surface area contributed by atoms with Gasteiger partial charge in [-0.1, -0.05) is 24.3 Å². The lowest BCUT2D eigenvalue weighted by Gasteiger charge is -2.32. The monoisotopic (exact) mass is 526 g/mol. The average molecular weight is 527 g/mol. The number of fused-ring (bicyclic) bond motifs is 2. The van der Waals surface area contributed by atoms with E-state index in [0.717, 1.165) is 33.4 Å². The second kappa shape index (κ2) is 10.6. The predicted molar refractivity (Wildman–Crippen MR) is 148 cm³/mol. The minimum atomic E-state index is -0.691. The minimum Gasteiger partial charge on any atom is -0.508 e. The van der Waals surface area contributed by atoms with E-state index in [4.69, 9.17) is 9.47 Å². The Bertz CT molecular complexity index is 1520. The zero-order valence-electron chi connectivity index (χ0n) is 21.6. The average Bonchev–Trinajstić information content (AvgIpc) is 2.90. The molecule has 0 saturated carbocycles. The van der Waals surface area contributed by atoms with Gasteiger partial charge in [0.05, 0.1) is 12.7 Å². The van der Waals surface area contributed by atoms with Crippen LogP contribution < -0.4 is 9.47 Å². The first-order valence-electron chi connectivity index (χ1n) is 12.6. The summed E-state index contributed by atoms with van der Waals surface area (Å²) in [6.45, 7) is 4.57. The molecule has 2 unspecified atom stereocenters. The van der Waals surface area contributed by atoms with Crippen LogP contribution in [0.25, 0.3) is 11.6 Å². The van der Waals surface area contributed by atoms with Gasteiger partial charge in [0.2, 0.25) is 0 Å². The van der Waals surface area contributed by atoms with Crippen LogP contribution in [0.3, 0.4) is 0 Å². The summed E-state index contributed by atoms with van der Waals surface area (Å²) in [4.78, 5) is 0. The Balaban J connectivity index is 0.000000158. The van der Waals surface area contributed by atoms with Gasteiger partial charge in [0.25, 0.3) is 0 Å². The maximum absolute atomic E-state index is 10.6. The van der Waals surface area contributed by atoms with Gasteiger partial charge in [-0.3, -0.25) is 0 Å². The van der Waals surface area contributed by atoms with E-state index in [9.17, 15) is 25.5 Å². The molecular weight excluding hydrogens is 496 g/mol. The summed E-state index contributed by atoms with van der Waals surface area (Å²) in [6.07, 6.45) is 1.38. The second-order valence-electron chi connectivity index (χ2n) is 9.81. The quantitative estimate of drug-likeness (QED) is 0.219. The van der Waals surface area contributed by atoms with Crippen molar-refractivity contribution in [1.29, 1.82) is 0 Å². The largest absolute Gasteiger partial charge is 0.508 e. The van der Waals surface area contributed by atoms with E-state index in [1.54, 1.807) is 54.6 Å². The number of aryl methyl sites for hydroxylation is 2. The van der Waals surface area contributed by atoms with Crippen LogP contribution in [-0.2, 0) is 0 Å². The van der Waals surface area contributed by atoms with Gasteiger partial charge in [0, 0.05) is 29.2 Å². The number of phenolic OH excluding ortho intramolecular Hbond substituents is 4. The van der Waals surface area contributed by atoms with E-state index in [-0.39, 0.29) is 28.9 Å². The third-order valence-electron chi connectivity index (χ3n) is 7.02. The fourth-order valence-electron chi connectivity index (χ4n) is 4.98. The molecule has 0 aliphatic carbocycles. The van der Waals surface area contributed by atoms with E-state index in [1.165, 1.54) is 6.07 Å². The van der Waals surface area contributed by atoms with Crippen molar-refractivity contribution < 1.29 is 35.0 Å². The van der Waals surface area contributed by atoms with Gasteiger partial charge in [-0.25, -0.2) is 0 Å². The van der Waals surface area contributed by atoms with Gasteiger partial charge in [0.1, 0.15) is 41.1 Å². The molecule has 2 aliphatic heterocycles. The molecular formula is C32H30O7. The topological polar surface area (TPSA) is 120 Å². The van der Waals surface area contributed by atoms with Gasteiger partial charge >= 0.3 is 0 Å². The highest BCUT2D eigenvalue weighted by Gasteiger charge is 2.32. The first-order valence-corrected chi connectivity index (χ1v) is 12.6. The first kappa shape index (κ1) is 26.0. The van der Waals surface area contributed by atoms with Gasteiger partial charge in [0.15, 0.2) is 0 Å². The summed E-state index contributed by atoms with van der Waals surface area (Å²) in [5.74, 6) is 1.86. The summed E-state index contributed by atoms with van der Waals surface area (Å²) in [5, 5.41) is 48.4. The molecule has 0 saturated heterocycles. The molecule has 4 aromatic rings. The van der Waals surface area contributed by atoms with E-state index in [0.29, 0.717) is 30.3 Å². The fourth-order valence-corrected chi connectivity index (χ4v) is 4.98. The highest BCUT2D eigenvalue weighted by molar-refractivity contribution is 5.86. The van der Waals surface area contributed by atoms with Crippen LogP contribution in [0.15, 0.2) is 72.8 Å². The van der Waals surface area contributed by atoms with Gasteiger partial charge in [-0.05, 0) is 84.1 Å². The molecule has 7 heteroatoms. The molecule has 0 aromatic heterocycles. The molecule has 0 radical (unpaired) electrons. The smallest absolute Gasteiger partial charge is 0.130 e.